The van der Waals surface area contributed by atoms with E-state index in [1.165, 1.54) is 80.8 Å². The second kappa shape index (κ2) is 12.7. The first kappa shape index (κ1) is 30.4. The number of hydrogen-bond donors (Lipinski definition) is 0. The molecule has 0 unspecified atom stereocenters. The van der Waals surface area contributed by atoms with Gasteiger partial charge in [-0.05, 0) is 74.3 Å². The Morgan fingerprint density at radius 2 is 0.846 bits per heavy atom. The van der Waals surface area contributed by atoms with Gasteiger partial charge in [-0.1, -0.05) is 170 Å². The summed E-state index contributed by atoms with van der Waals surface area (Å²) >= 11 is 1.90. The molecule has 2 heteroatoms. The SMILES string of the molecule is c1ccc(-c2ccc(-c3ccccc3N(c3ccccc3)c3cccc4c3sc3c5ccccc5c(-c5cccc6ccccc56)cc43)cc2)cc1. The fourth-order valence-electron chi connectivity index (χ4n) is 7.83. The molecular weight excluding hydrogens is 647 g/mol. The molecule has 244 valence electrons. The van der Waals surface area contributed by atoms with Crippen molar-refractivity contribution in [1.82, 2.24) is 0 Å². The molecule has 0 aliphatic carbocycles. The molecule has 0 saturated heterocycles. The largest absolute Gasteiger partial charge is 0.308 e. The lowest BCUT2D eigenvalue weighted by Gasteiger charge is -2.28. The summed E-state index contributed by atoms with van der Waals surface area (Å²) in [6, 6.07) is 72.7. The van der Waals surface area contributed by atoms with Crippen molar-refractivity contribution in [3.05, 3.63) is 200 Å². The maximum absolute atomic E-state index is 2.45. The summed E-state index contributed by atoms with van der Waals surface area (Å²) in [5, 5.41) is 7.67. The van der Waals surface area contributed by atoms with E-state index in [-0.39, 0.29) is 0 Å². The van der Waals surface area contributed by atoms with Gasteiger partial charge in [-0.15, -0.1) is 11.3 Å². The van der Waals surface area contributed by atoms with Gasteiger partial charge in [0.1, 0.15) is 0 Å². The predicted octanol–water partition coefficient (Wildman–Crippen LogP) is 14.8. The van der Waals surface area contributed by atoms with Gasteiger partial charge in [0.05, 0.1) is 16.1 Å². The Hall–Kier alpha value is -6.48. The molecule has 0 spiro atoms. The van der Waals surface area contributed by atoms with Crippen LogP contribution in [0, 0.1) is 0 Å². The van der Waals surface area contributed by atoms with Crippen LogP contribution in [0.2, 0.25) is 0 Å². The number of anilines is 3. The molecule has 1 nitrogen and oxygen atoms in total. The molecule has 0 saturated carbocycles. The maximum atomic E-state index is 2.45. The molecule has 0 atom stereocenters. The van der Waals surface area contributed by atoms with Crippen LogP contribution in [0.15, 0.2) is 200 Å². The molecule has 10 aromatic rings. The molecule has 0 amide bonds. The lowest BCUT2D eigenvalue weighted by molar-refractivity contribution is 1.30. The minimum Gasteiger partial charge on any atom is -0.308 e. The van der Waals surface area contributed by atoms with Gasteiger partial charge in [0, 0.05) is 32.1 Å². The van der Waals surface area contributed by atoms with E-state index < -0.39 is 0 Å². The Labute approximate surface area is 307 Å². The molecule has 0 aliphatic rings. The van der Waals surface area contributed by atoms with Gasteiger partial charge in [-0.25, -0.2) is 0 Å². The third kappa shape index (κ3) is 5.07. The van der Waals surface area contributed by atoms with Crippen molar-refractivity contribution < 1.29 is 0 Å². The van der Waals surface area contributed by atoms with Crippen LogP contribution in [-0.2, 0) is 0 Å². The van der Waals surface area contributed by atoms with E-state index in [9.17, 15) is 0 Å². The first-order valence-electron chi connectivity index (χ1n) is 17.8. The zero-order chi connectivity index (χ0) is 34.4. The lowest BCUT2D eigenvalue weighted by Crippen LogP contribution is -2.11. The average Bonchev–Trinajstić information content (AvgIpc) is 3.61. The van der Waals surface area contributed by atoms with Crippen molar-refractivity contribution in [3.8, 4) is 33.4 Å². The highest BCUT2D eigenvalue weighted by Crippen LogP contribution is 2.50. The molecule has 0 bridgehead atoms. The van der Waals surface area contributed by atoms with Crippen LogP contribution in [0.3, 0.4) is 0 Å². The fourth-order valence-corrected chi connectivity index (χ4v) is 9.16. The normalized spacial score (nSPS) is 11.5. The molecular formula is C50H33NS. The number of benzene rings is 9. The topological polar surface area (TPSA) is 3.24 Å². The van der Waals surface area contributed by atoms with Crippen LogP contribution < -0.4 is 4.90 Å². The van der Waals surface area contributed by atoms with Crippen molar-refractivity contribution in [2.24, 2.45) is 0 Å². The Morgan fingerprint density at radius 3 is 1.67 bits per heavy atom. The molecule has 1 aromatic heterocycles. The van der Waals surface area contributed by atoms with Gasteiger partial charge >= 0.3 is 0 Å². The van der Waals surface area contributed by atoms with Gasteiger partial charge in [-0.2, -0.15) is 0 Å². The van der Waals surface area contributed by atoms with E-state index in [0.29, 0.717) is 0 Å². The summed E-state index contributed by atoms with van der Waals surface area (Å²) in [6.07, 6.45) is 0. The van der Waals surface area contributed by atoms with Crippen LogP contribution in [0.25, 0.3) is 75.1 Å². The zero-order valence-corrected chi connectivity index (χ0v) is 29.2. The van der Waals surface area contributed by atoms with E-state index in [4.69, 9.17) is 0 Å². The van der Waals surface area contributed by atoms with Gasteiger partial charge in [0.2, 0.25) is 0 Å². The summed E-state index contributed by atoms with van der Waals surface area (Å²) in [4.78, 5) is 2.45. The molecule has 0 fully saturated rings. The Morgan fingerprint density at radius 1 is 0.308 bits per heavy atom. The third-order valence-corrected chi connectivity index (χ3v) is 11.5. The van der Waals surface area contributed by atoms with E-state index in [2.05, 4.69) is 205 Å². The minimum atomic E-state index is 1.13. The van der Waals surface area contributed by atoms with Gasteiger partial charge in [0.15, 0.2) is 0 Å². The maximum Gasteiger partial charge on any atom is 0.0640 e. The van der Waals surface area contributed by atoms with Crippen molar-refractivity contribution in [2.45, 2.75) is 0 Å². The second-order valence-electron chi connectivity index (χ2n) is 13.3. The average molecular weight is 680 g/mol. The molecule has 10 rings (SSSR count). The van der Waals surface area contributed by atoms with Crippen LogP contribution >= 0.6 is 11.3 Å². The molecule has 0 aliphatic heterocycles. The summed E-state index contributed by atoms with van der Waals surface area (Å²) in [7, 11) is 0. The number of hydrogen-bond acceptors (Lipinski definition) is 2. The number of para-hydroxylation sites is 2. The zero-order valence-electron chi connectivity index (χ0n) is 28.4. The van der Waals surface area contributed by atoms with E-state index in [1.54, 1.807) is 0 Å². The highest BCUT2D eigenvalue weighted by Gasteiger charge is 2.22. The Kier molecular flexibility index (Phi) is 7.41. The first-order valence-corrected chi connectivity index (χ1v) is 18.6. The minimum absolute atomic E-state index is 1.13. The highest BCUT2D eigenvalue weighted by atomic mass is 32.1. The highest BCUT2D eigenvalue weighted by molar-refractivity contribution is 7.27. The summed E-state index contributed by atoms with van der Waals surface area (Å²) < 4.78 is 2.59. The van der Waals surface area contributed by atoms with E-state index in [0.717, 1.165) is 11.4 Å². The lowest BCUT2D eigenvalue weighted by atomic mass is 9.92. The monoisotopic (exact) mass is 679 g/mol. The molecule has 0 N–H and O–H groups in total. The Bertz CT molecular complexity index is 2880. The van der Waals surface area contributed by atoms with Gasteiger partial charge in [-0.3, -0.25) is 0 Å². The van der Waals surface area contributed by atoms with E-state index >= 15 is 0 Å². The van der Waals surface area contributed by atoms with Crippen molar-refractivity contribution >= 4 is 70.1 Å². The molecule has 9 aromatic carbocycles. The number of nitrogens with zero attached hydrogens (tertiary/aromatic N) is 1. The fraction of sp³-hybridized carbons (Fsp3) is 0. The van der Waals surface area contributed by atoms with Crippen molar-refractivity contribution in [1.29, 1.82) is 0 Å². The molecule has 1 heterocycles. The quantitative estimate of drug-likeness (QED) is 0.169. The summed E-state index contributed by atoms with van der Waals surface area (Å²) in [5.41, 5.74) is 10.8. The first-order chi connectivity index (χ1) is 25.8. The summed E-state index contributed by atoms with van der Waals surface area (Å²) in [6.45, 7) is 0. The van der Waals surface area contributed by atoms with Crippen molar-refractivity contribution in [2.75, 3.05) is 4.90 Å². The van der Waals surface area contributed by atoms with Crippen LogP contribution in [-0.4, -0.2) is 0 Å². The van der Waals surface area contributed by atoms with E-state index in [1.807, 2.05) is 11.3 Å². The standard InChI is InChI=1S/C50H33NS/c1-3-15-34(16-4-1)35-29-31-37(32-30-35)40-22-11-12-27-47(40)51(38-19-5-2-6-20-38)48-28-14-26-44-46-33-45(41-25-13-18-36-17-7-8-21-39(36)41)42-23-9-10-24-43(42)49(46)52-50(44)48/h1-33H. The number of thiophene rings is 1. The van der Waals surface area contributed by atoms with Crippen LogP contribution in [0.1, 0.15) is 0 Å². The van der Waals surface area contributed by atoms with Crippen molar-refractivity contribution in [3.63, 3.8) is 0 Å². The molecule has 0 radical (unpaired) electrons. The smallest absolute Gasteiger partial charge is 0.0640 e. The number of rotatable bonds is 6. The van der Waals surface area contributed by atoms with Crippen LogP contribution in [0.5, 0.6) is 0 Å². The Balaban J connectivity index is 1.20. The summed E-state index contributed by atoms with van der Waals surface area (Å²) in [5.74, 6) is 0. The molecule has 52 heavy (non-hydrogen) atoms. The second-order valence-corrected chi connectivity index (χ2v) is 14.3. The van der Waals surface area contributed by atoms with Gasteiger partial charge < -0.3 is 4.90 Å². The third-order valence-electron chi connectivity index (χ3n) is 10.3. The predicted molar refractivity (Wildman–Crippen MR) is 225 cm³/mol. The van der Waals surface area contributed by atoms with Gasteiger partial charge in [0.25, 0.3) is 0 Å². The van der Waals surface area contributed by atoms with Crippen LogP contribution in [0.4, 0.5) is 17.1 Å². The number of fused-ring (bicyclic) bond motifs is 6.